The number of aromatic nitrogens is 4. The van der Waals surface area contributed by atoms with Crippen molar-refractivity contribution >= 4 is 21.6 Å². The van der Waals surface area contributed by atoms with Crippen LogP contribution in [-0.4, -0.2) is 28.6 Å². The predicted molar refractivity (Wildman–Crippen MR) is 84.5 cm³/mol. The lowest BCUT2D eigenvalue weighted by molar-refractivity contribution is 0.507. The Kier molecular flexibility index (Phi) is 4.75. The molecule has 0 radical (unpaired) electrons. The van der Waals surface area contributed by atoms with Crippen LogP contribution in [0.5, 0.6) is 0 Å². The minimum Gasteiger partial charge on any atom is -0.207 e. The van der Waals surface area contributed by atoms with Crippen LogP contribution in [0, 0.1) is 11.6 Å². The summed E-state index contributed by atoms with van der Waals surface area (Å²) in [5.74, 6) is -1.99. The van der Waals surface area contributed by atoms with Gasteiger partial charge in [0.1, 0.15) is 0 Å². The first-order valence-electron chi connectivity index (χ1n) is 6.85. The van der Waals surface area contributed by atoms with Gasteiger partial charge >= 0.3 is 0 Å². The van der Waals surface area contributed by atoms with E-state index in [-0.39, 0.29) is 28.0 Å². The van der Waals surface area contributed by atoms with Crippen LogP contribution in [0.15, 0.2) is 47.4 Å². The average Bonchev–Trinajstić information content (AvgIpc) is 3.04. The van der Waals surface area contributed by atoms with Gasteiger partial charge in [0.05, 0.1) is 17.1 Å². The Bertz CT molecular complexity index is 1030. The van der Waals surface area contributed by atoms with Crippen LogP contribution in [-0.2, 0) is 16.6 Å². The molecule has 2 aromatic carbocycles. The molecule has 0 aliphatic heterocycles. The molecular weight excluding hydrogens is 376 g/mol. The topological polar surface area (TPSA) is 89.8 Å². The van der Waals surface area contributed by atoms with Gasteiger partial charge in [-0.2, -0.15) is 4.68 Å². The largest absolute Gasteiger partial charge is 0.241 e. The monoisotopic (exact) mass is 385 g/mol. The Hall–Kier alpha value is -2.43. The van der Waals surface area contributed by atoms with Gasteiger partial charge in [0.15, 0.2) is 17.5 Å². The summed E-state index contributed by atoms with van der Waals surface area (Å²) in [6.45, 7) is -0.263. The lowest BCUT2D eigenvalue weighted by atomic mass is 10.3. The average molecular weight is 386 g/mol. The summed E-state index contributed by atoms with van der Waals surface area (Å²) in [6.07, 6.45) is 0. The Morgan fingerprint density at radius 1 is 1.12 bits per heavy atom. The maximum absolute atomic E-state index is 13.4. The molecule has 3 rings (SSSR count). The van der Waals surface area contributed by atoms with E-state index in [2.05, 4.69) is 20.2 Å². The van der Waals surface area contributed by atoms with E-state index < -0.39 is 21.7 Å². The zero-order chi connectivity index (χ0) is 18.0. The van der Waals surface area contributed by atoms with Gasteiger partial charge in [-0.1, -0.05) is 17.7 Å². The Labute approximate surface area is 146 Å². The van der Waals surface area contributed by atoms with Gasteiger partial charge in [-0.15, -0.1) is 5.10 Å². The lowest BCUT2D eigenvalue weighted by Crippen LogP contribution is -2.25. The first kappa shape index (κ1) is 17.4. The summed E-state index contributed by atoms with van der Waals surface area (Å²) >= 11 is 5.79. The van der Waals surface area contributed by atoms with E-state index in [1.54, 1.807) is 6.07 Å². The third kappa shape index (κ3) is 3.81. The molecule has 0 atom stereocenters. The van der Waals surface area contributed by atoms with E-state index >= 15 is 0 Å². The number of hydrogen-bond donors (Lipinski definition) is 1. The van der Waals surface area contributed by atoms with E-state index in [0.29, 0.717) is 0 Å². The zero-order valence-electron chi connectivity index (χ0n) is 12.4. The fourth-order valence-corrected chi connectivity index (χ4v) is 3.29. The second-order valence-electron chi connectivity index (χ2n) is 4.89. The van der Waals surface area contributed by atoms with Crippen LogP contribution in [0.2, 0.25) is 5.02 Å². The molecule has 130 valence electrons. The van der Waals surface area contributed by atoms with Crippen LogP contribution in [0.4, 0.5) is 8.78 Å². The standard InChI is InChI=1S/C14H10ClF2N5O2S/c15-9-2-1-3-11(6-9)25(23,24)18-8-14-19-20-21-22(14)10-4-5-12(16)13(17)7-10/h1-7,18H,8H2. The van der Waals surface area contributed by atoms with Crippen molar-refractivity contribution in [3.8, 4) is 5.69 Å². The number of tetrazole rings is 1. The second kappa shape index (κ2) is 6.82. The van der Waals surface area contributed by atoms with Crippen molar-refractivity contribution in [2.45, 2.75) is 11.4 Å². The summed E-state index contributed by atoms with van der Waals surface area (Å²) in [4.78, 5) is -0.0214. The maximum atomic E-state index is 13.4. The molecule has 1 heterocycles. The highest BCUT2D eigenvalue weighted by molar-refractivity contribution is 7.89. The SMILES string of the molecule is O=S(=O)(NCc1nnnn1-c1ccc(F)c(F)c1)c1cccc(Cl)c1. The third-order valence-corrected chi connectivity index (χ3v) is 4.84. The quantitative estimate of drug-likeness (QED) is 0.726. The van der Waals surface area contributed by atoms with Crippen molar-refractivity contribution in [1.29, 1.82) is 0 Å². The molecule has 7 nitrogen and oxygen atoms in total. The van der Waals surface area contributed by atoms with E-state index in [4.69, 9.17) is 11.6 Å². The van der Waals surface area contributed by atoms with Gasteiger partial charge in [-0.05, 0) is 40.8 Å². The zero-order valence-corrected chi connectivity index (χ0v) is 14.0. The number of benzene rings is 2. The van der Waals surface area contributed by atoms with Crippen LogP contribution in [0.25, 0.3) is 5.69 Å². The summed E-state index contributed by atoms with van der Waals surface area (Å²) in [6, 6.07) is 8.82. The van der Waals surface area contributed by atoms with Crippen LogP contribution in [0.1, 0.15) is 5.82 Å². The molecule has 1 N–H and O–H groups in total. The molecule has 0 saturated heterocycles. The van der Waals surface area contributed by atoms with Crippen LogP contribution in [0.3, 0.4) is 0 Å². The number of hydrogen-bond acceptors (Lipinski definition) is 5. The van der Waals surface area contributed by atoms with Gasteiger partial charge in [-0.3, -0.25) is 0 Å². The summed E-state index contributed by atoms with van der Waals surface area (Å²) < 4.78 is 54.3. The van der Waals surface area contributed by atoms with E-state index in [9.17, 15) is 17.2 Å². The Morgan fingerprint density at radius 2 is 1.92 bits per heavy atom. The van der Waals surface area contributed by atoms with Crippen molar-refractivity contribution in [1.82, 2.24) is 24.9 Å². The summed E-state index contributed by atoms with van der Waals surface area (Å²) in [5, 5.41) is 11.0. The number of rotatable bonds is 5. The maximum Gasteiger partial charge on any atom is 0.241 e. The fourth-order valence-electron chi connectivity index (χ4n) is 2.01. The Balaban J connectivity index is 1.83. The lowest BCUT2D eigenvalue weighted by Gasteiger charge is -2.08. The van der Waals surface area contributed by atoms with Gasteiger partial charge in [0.25, 0.3) is 0 Å². The molecule has 0 saturated carbocycles. The first-order chi connectivity index (χ1) is 11.9. The Morgan fingerprint density at radius 3 is 2.64 bits per heavy atom. The van der Waals surface area contributed by atoms with Gasteiger partial charge < -0.3 is 0 Å². The molecular formula is C14H10ClF2N5O2S. The van der Waals surface area contributed by atoms with Crippen LogP contribution < -0.4 is 4.72 Å². The highest BCUT2D eigenvalue weighted by Gasteiger charge is 2.17. The van der Waals surface area contributed by atoms with E-state index in [1.807, 2.05) is 0 Å². The molecule has 25 heavy (non-hydrogen) atoms. The summed E-state index contributed by atoms with van der Waals surface area (Å²) in [7, 11) is -3.85. The smallest absolute Gasteiger partial charge is 0.207 e. The molecule has 11 heteroatoms. The van der Waals surface area contributed by atoms with Crippen molar-refractivity contribution in [2.24, 2.45) is 0 Å². The molecule has 3 aromatic rings. The van der Waals surface area contributed by atoms with Crippen LogP contribution >= 0.6 is 11.6 Å². The second-order valence-corrected chi connectivity index (χ2v) is 7.09. The molecule has 0 amide bonds. The predicted octanol–water partition coefficient (Wildman–Crippen LogP) is 2.07. The molecule has 0 bridgehead atoms. The number of nitrogens with zero attached hydrogens (tertiary/aromatic N) is 4. The van der Waals surface area contributed by atoms with Gasteiger partial charge in [0, 0.05) is 11.1 Å². The number of halogens is 3. The molecule has 1 aromatic heterocycles. The highest BCUT2D eigenvalue weighted by Crippen LogP contribution is 2.16. The normalized spacial score (nSPS) is 11.6. The minimum atomic E-state index is -3.85. The van der Waals surface area contributed by atoms with Gasteiger partial charge in [0.2, 0.25) is 10.0 Å². The molecule has 0 fully saturated rings. The molecule has 0 aliphatic rings. The van der Waals surface area contributed by atoms with Crippen molar-refractivity contribution in [3.05, 3.63) is 64.9 Å². The number of nitrogens with one attached hydrogen (secondary N) is 1. The number of sulfonamides is 1. The third-order valence-electron chi connectivity index (χ3n) is 3.21. The van der Waals surface area contributed by atoms with E-state index in [0.717, 1.165) is 16.8 Å². The minimum absolute atomic E-state index is 0.0214. The van der Waals surface area contributed by atoms with E-state index in [1.165, 1.54) is 24.3 Å². The molecule has 0 unspecified atom stereocenters. The highest BCUT2D eigenvalue weighted by atomic mass is 35.5. The molecule has 0 spiro atoms. The molecule has 0 aliphatic carbocycles. The first-order valence-corrected chi connectivity index (χ1v) is 8.71. The fraction of sp³-hybridized carbons (Fsp3) is 0.0714. The van der Waals surface area contributed by atoms with Crippen molar-refractivity contribution in [2.75, 3.05) is 0 Å². The van der Waals surface area contributed by atoms with Crippen molar-refractivity contribution < 1.29 is 17.2 Å². The van der Waals surface area contributed by atoms with Crippen molar-refractivity contribution in [3.63, 3.8) is 0 Å². The summed E-state index contributed by atoms with van der Waals surface area (Å²) in [5.41, 5.74) is 0.154. The van der Waals surface area contributed by atoms with Gasteiger partial charge in [-0.25, -0.2) is 21.9 Å².